The fraction of sp³-hybridized carbons (Fsp3) is 0.588. The summed E-state index contributed by atoms with van der Waals surface area (Å²) in [6.07, 6.45) is 0.543. The van der Waals surface area contributed by atoms with E-state index in [0.29, 0.717) is 18.1 Å². The largest absolute Gasteiger partial charge is 0.303 e. The summed E-state index contributed by atoms with van der Waals surface area (Å²) in [6, 6.07) is 8.52. The number of rotatable bonds is 4. The topological polar surface area (TPSA) is 23.6 Å². The minimum atomic E-state index is 0.0403. The molecular weight excluding hydrogens is 248 g/mol. The predicted octanol–water partition coefficient (Wildman–Crippen LogP) is 2.17. The van der Waals surface area contributed by atoms with Gasteiger partial charge in [0.25, 0.3) is 0 Å². The number of Topliss-reactive ketones (excluding diaryl/α,β-unsaturated/α-hetero) is 1. The van der Waals surface area contributed by atoms with Crippen LogP contribution in [0, 0.1) is 0 Å². The van der Waals surface area contributed by atoms with Crippen LogP contribution in [0.4, 0.5) is 0 Å². The molecule has 1 aliphatic heterocycles. The van der Waals surface area contributed by atoms with Crippen molar-refractivity contribution in [2.45, 2.75) is 32.2 Å². The Morgan fingerprint density at radius 2 is 1.85 bits per heavy atom. The van der Waals surface area contributed by atoms with Crippen molar-refractivity contribution in [3.8, 4) is 0 Å². The van der Waals surface area contributed by atoms with Crippen molar-refractivity contribution in [3.63, 3.8) is 0 Å². The van der Waals surface area contributed by atoms with Crippen LogP contribution < -0.4 is 0 Å². The van der Waals surface area contributed by atoms with Gasteiger partial charge in [0, 0.05) is 26.1 Å². The Bertz CT molecular complexity index is 453. The van der Waals surface area contributed by atoms with Crippen LogP contribution in [-0.2, 0) is 11.2 Å². The Labute approximate surface area is 122 Å². The zero-order valence-corrected chi connectivity index (χ0v) is 13.1. The van der Waals surface area contributed by atoms with Gasteiger partial charge in [-0.15, -0.1) is 0 Å². The van der Waals surface area contributed by atoms with E-state index in [0.717, 1.165) is 25.2 Å². The Balaban J connectivity index is 2.00. The fourth-order valence-electron chi connectivity index (χ4n) is 2.70. The van der Waals surface area contributed by atoms with E-state index in [1.165, 1.54) is 5.56 Å². The van der Waals surface area contributed by atoms with Crippen molar-refractivity contribution in [2.24, 2.45) is 0 Å². The number of carbonyl (C=O) groups is 1. The normalized spacial score (nSPS) is 21.4. The van der Waals surface area contributed by atoms with Crippen LogP contribution >= 0.6 is 0 Å². The summed E-state index contributed by atoms with van der Waals surface area (Å²) in [6.45, 7) is 7.24. The summed E-state index contributed by atoms with van der Waals surface area (Å²) in [5, 5.41) is 0. The highest BCUT2D eigenvalue weighted by Crippen LogP contribution is 2.16. The fourth-order valence-corrected chi connectivity index (χ4v) is 2.70. The lowest BCUT2D eigenvalue weighted by atomic mass is 9.97. The number of benzene rings is 1. The molecule has 1 aromatic rings. The zero-order valence-electron chi connectivity index (χ0n) is 13.1. The van der Waals surface area contributed by atoms with E-state index in [9.17, 15) is 4.79 Å². The highest BCUT2D eigenvalue weighted by molar-refractivity contribution is 5.86. The molecule has 0 saturated carbocycles. The van der Waals surface area contributed by atoms with Gasteiger partial charge in [-0.25, -0.2) is 0 Å². The molecular formula is C17H26N2O. The van der Waals surface area contributed by atoms with Gasteiger partial charge in [-0.05, 0) is 31.1 Å². The van der Waals surface area contributed by atoms with E-state index in [4.69, 9.17) is 0 Å². The molecule has 1 atom stereocenters. The molecule has 110 valence electrons. The van der Waals surface area contributed by atoms with Gasteiger partial charge in [-0.2, -0.15) is 0 Å². The lowest BCUT2D eigenvalue weighted by molar-refractivity contribution is -0.125. The first kappa shape index (κ1) is 15.2. The van der Waals surface area contributed by atoms with Crippen molar-refractivity contribution in [1.82, 2.24) is 9.80 Å². The Kier molecular flexibility index (Phi) is 4.95. The van der Waals surface area contributed by atoms with Gasteiger partial charge in [0.2, 0.25) is 0 Å². The molecule has 0 radical (unpaired) electrons. The minimum absolute atomic E-state index is 0.0403. The van der Waals surface area contributed by atoms with Crippen LogP contribution in [0.1, 0.15) is 30.9 Å². The van der Waals surface area contributed by atoms with Crippen molar-refractivity contribution < 1.29 is 4.79 Å². The van der Waals surface area contributed by atoms with Gasteiger partial charge >= 0.3 is 0 Å². The van der Waals surface area contributed by atoms with Gasteiger partial charge in [-0.1, -0.05) is 38.1 Å². The molecule has 0 bridgehead atoms. The van der Waals surface area contributed by atoms with Crippen molar-refractivity contribution >= 4 is 5.78 Å². The third-order valence-electron chi connectivity index (χ3n) is 4.25. The van der Waals surface area contributed by atoms with Gasteiger partial charge in [0.1, 0.15) is 0 Å². The maximum absolute atomic E-state index is 12.5. The quantitative estimate of drug-likeness (QED) is 0.840. The monoisotopic (exact) mass is 274 g/mol. The standard InChI is InChI=1S/C17H26N2O/c1-13(2)15-7-5-14(6-8-15)11-17(20)16-12-18(3)9-10-19(16)4/h5-8,13,16H,9-12H2,1-4H3. The van der Waals surface area contributed by atoms with E-state index in [-0.39, 0.29) is 6.04 Å². The number of piperazine rings is 1. The maximum atomic E-state index is 12.5. The Morgan fingerprint density at radius 3 is 2.45 bits per heavy atom. The summed E-state index contributed by atoms with van der Waals surface area (Å²) in [7, 11) is 4.14. The van der Waals surface area contributed by atoms with Crippen LogP contribution in [0.25, 0.3) is 0 Å². The van der Waals surface area contributed by atoms with E-state index in [1.54, 1.807) is 0 Å². The zero-order chi connectivity index (χ0) is 14.7. The highest BCUT2D eigenvalue weighted by atomic mass is 16.1. The van der Waals surface area contributed by atoms with Gasteiger partial charge in [0.15, 0.2) is 5.78 Å². The lowest BCUT2D eigenvalue weighted by Gasteiger charge is -2.36. The third-order valence-corrected chi connectivity index (χ3v) is 4.25. The second-order valence-corrected chi connectivity index (χ2v) is 6.30. The third kappa shape index (κ3) is 3.68. The number of hydrogen-bond donors (Lipinski definition) is 0. The smallest absolute Gasteiger partial charge is 0.155 e. The van der Waals surface area contributed by atoms with Crippen LogP contribution in [0.2, 0.25) is 0 Å². The summed E-state index contributed by atoms with van der Waals surface area (Å²) in [4.78, 5) is 16.9. The average molecular weight is 274 g/mol. The molecule has 0 spiro atoms. The Hall–Kier alpha value is -1.19. The van der Waals surface area contributed by atoms with Crippen molar-refractivity contribution in [1.29, 1.82) is 0 Å². The van der Waals surface area contributed by atoms with E-state index in [2.05, 4.69) is 62.0 Å². The van der Waals surface area contributed by atoms with Gasteiger partial charge in [-0.3, -0.25) is 9.69 Å². The molecule has 1 unspecified atom stereocenters. The summed E-state index contributed by atoms with van der Waals surface area (Å²) >= 11 is 0. The summed E-state index contributed by atoms with van der Waals surface area (Å²) < 4.78 is 0. The molecule has 1 saturated heterocycles. The van der Waals surface area contributed by atoms with Gasteiger partial charge < -0.3 is 4.90 Å². The molecule has 2 rings (SSSR count). The molecule has 1 fully saturated rings. The first-order valence-corrected chi connectivity index (χ1v) is 7.47. The molecule has 3 heteroatoms. The van der Waals surface area contributed by atoms with E-state index < -0.39 is 0 Å². The second kappa shape index (κ2) is 6.51. The highest BCUT2D eigenvalue weighted by Gasteiger charge is 2.28. The number of likely N-dealkylation sites (N-methyl/N-ethyl adjacent to an activating group) is 2. The minimum Gasteiger partial charge on any atom is -0.303 e. The molecule has 1 aromatic carbocycles. The number of hydrogen-bond acceptors (Lipinski definition) is 3. The molecule has 0 aromatic heterocycles. The van der Waals surface area contributed by atoms with Crippen LogP contribution in [0.15, 0.2) is 24.3 Å². The molecule has 0 amide bonds. The van der Waals surface area contributed by atoms with Crippen molar-refractivity contribution in [2.75, 3.05) is 33.7 Å². The van der Waals surface area contributed by atoms with Crippen LogP contribution in [0.5, 0.6) is 0 Å². The first-order valence-electron chi connectivity index (χ1n) is 7.47. The lowest BCUT2D eigenvalue weighted by Crippen LogP contribution is -2.53. The van der Waals surface area contributed by atoms with Crippen LogP contribution in [0.3, 0.4) is 0 Å². The first-order chi connectivity index (χ1) is 9.47. The van der Waals surface area contributed by atoms with E-state index in [1.807, 2.05) is 0 Å². The average Bonchev–Trinajstić information content (AvgIpc) is 2.42. The number of nitrogens with zero attached hydrogens (tertiary/aromatic N) is 2. The predicted molar refractivity (Wildman–Crippen MR) is 83.2 cm³/mol. The van der Waals surface area contributed by atoms with E-state index >= 15 is 0 Å². The summed E-state index contributed by atoms with van der Waals surface area (Å²) in [5.41, 5.74) is 2.46. The summed E-state index contributed by atoms with van der Waals surface area (Å²) in [5.74, 6) is 0.870. The van der Waals surface area contributed by atoms with Gasteiger partial charge in [0.05, 0.1) is 6.04 Å². The SMILES string of the molecule is CC(C)c1ccc(CC(=O)C2CN(C)CCN2C)cc1. The molecule has 1 heterocycles. The Morgan fingerprint density at radius 1 is 1.20 bits per heavy atom. The molecule has 0 N–H and O–H groups in total. The van der Waals surface area contributed by atoms with Crippen molar-refractivity contribution in [3.05, 3.63) is 35.4 Å². The molecule has 0 aliphatic carbocycles. The maximum Gasteiger partial charge on any atom is 0.155 e. The molecule has 3 nitrogen and oxygen atoms in total. The number of carbonyl (C=O) groups excluding carboxylic acids is 1. The second-order valence-electron chi connectivity index (χ2n) is 6.30. The molecule has 20 heavy (non-hydrogen) atoms. The molecule has 1 aliphatic rings. The van der Waals surface area contributed by atoms with Crippen LogP contribution in [-0.4, -0.2) is 55.4 Å². The number of ketones is 1.